The lowest BCUT2D eigenvalue weighted by Crippen LogP contribution is -2.24. The summed E-state index contributed by atoms with van der Waals surface area (Å²) in [5.74, 6) is 0.289. The number of likely N-dealkylation sites (N-methyl/N-ethyl adjacent to an activating group) is 1. The highest BCUT2D eigenvalue weighted by Gasteiger charge is 2.31. The molecule has 7 heteroatoms. The van der Waals surface area contributed by atoms with Gasteiger partial charge in [-0.1, -0.05) is 18.2 Å². The monoisotopic (exact) mass is 351 g/mol. The van der Waals surface area contributed by atoms with Gasteiger partial charge in [0.25, 0.3) is 0 Å². The normalized spacial score (nSPS) is 20.2. The maximum absolute atomic E-state index is 12.1. The van der Waals surface area contributed by atoms with Crippen molar-refractivity contribution in [1.29, 1.82) is 0 Å². The van der Waals surface area contributed by atoms with Gasteiger partial charge in [-0.15, -0.1) is 0 Å². The molecule has 0 radical (unpaired) electrons. The van der Waals surface area contributed by atoms with Gasteiger partial charge in [-0.05, 0) is 27.2 Å². The van der Waals surface area contributed by atoms with Gasteiger partial charge in [0, 0.05) is 30.9 Å². The first-order valence-corrected chi connectivity index (χ1v) is 9.86. The molecule has 0 aromatic carbocycles. The number of carbonyl (C=O) groups is 1. The summed E-state index contributed by atoms with van der Waals surface area (Å²) in [6.07, 6.45) is 7.51. The molecule has 24 heavy (non-hydrogen) atoms. The van der Waals surface area contributed by atoms with E-state index in [1.807, 2.05) is 31.5 Å². The van der Waals surface area contributed by atoms with Gasteiger partial charge in [0.2, 0.25) is 5.91 Å². The second-order valence-corrected chi connectivity index (χ2v) is 8.46. The number of aromatic nitrogens is 2. The van der Waals surface area contributed by atoms with E-state index in [0.717, 1.165) is 17.0 Å². The van der Waals surface area contributed by atoms with E-state index in [4.69, 9.17) is 0 Å². The van der Waals surface area contributed by atoms with Crippen LogP contribution in [0.1, 0.15) is 36.3 Å². The SMILES string of the molecule is C/C=C/C=C/C(=O)N(C)Cc1c(C)nn([C@@H]2CCS(=O)(=O)C2)c1C. The van der Waals surface area contributed by atoms with Crippen LogP contribution in [0.3, 0.4) is 0 Å². The lowest BCUT2D eigenvalue weighted by atomic mass is 10.1. The second-order valence-electron chi connectivity index (χ2n) is 6.23. The second kappa shape index (κ2) is 7.34. The number of carbonyl (C=O) groups excluding carboxylic acids is 1. The van der Waals surface area contributed by atoms with Crippen LogP contribution in [0.4, 0.5) is 0 Å². The maximum Gasteiger partial charge on any atom is 0.246 e. The van der Waals surface area contributed by atoms with Crippen molar-refractivity contribution >= 4 is 15.7 Å². The topological polar surface area (TPSA) is 72.3 Å². The molecular weight excluding hydrogens is 326 g/mol. The highest BCUT2D eigenvalue weighted by molar-refractivity contribution is 7.91. The smallest absolute Gasteiger partial charge is 0.246 e. The molecule has 6 nitrogen and oxygen atoms in total. The molecule has 1 aliphatic heterocycles. The lowest BCUT2D eigenvalue weighted by Gasteiger charge is -2.16. The molecular formula is C17H25N3O3S. The van der Waals surface area contributed by atoms with Crippen molar-refractivity contribution in [3.63, 3.8) is 0 Å². The Morgan fingerprint density at radius 1 is 1.38 bits per heavy atom. The molecule has 0 N–H and O–H groups in total. The van der Waals surface area contributed by atoms with Gasteiger partial charge in [0.05, 0.1) is 23.2 Å². The first-order valence-electron chi connectivity index (χ1n) is 8.04. The summed E-state index contributed by atoms with van der Waals surface area (Å²) < 4.78 is 25.2. The quantitative estimate of drug-likeness (QED) is 0.600. The number of rotatable bonds is 5. The molecule has 1 fully saturated rings. The van der Waals surface area contributed by atoms with Gasteiger partial charge in [-0.2, -0.15) is 5.10 Å². The van der Waals surface area contributed by atoms with E-state index in [2.05, 4.69) is 5.10 Å². The van der Waals surface area contributed by atoms with Crippen molar-refractivity contribution in [2.45, 2.75) is 39.8 Å². The van der Waals surface area contributed by atoms with Crippen LogP contribution in [-0.2, 0) is 21.2 Å². The number of nitrogens with zero attached hydrogens (tertiary/aromatic N) is 3. The van der Waals surface area contributed by atoms with Gasteiger partial charge < -0.3 is 4.90 Å². The van der Waals surface area contributed by atoms with Crippen molar-refractivity contribution < 1.29 is 13.2 Å². The number of amides is 1. The average Bonchev–Trinajstić information content (AvgIpc) is 3.01. The Balaban J connectivity index is 2.16. The fraction of sp³-hybridized carbons (Fsp3) is 0.529. The fourth-order valence-electron chi connectivity index (χ4n) is 2.94. The van der Waals surface area contributed by atoms with Crippen molar-refractivity contribution in [3.8, 4) is 0 Å². The van der Waals surface area contributed by atoms with Gasteiger partial charge >= 0.3 is 0 Å². The molecule has 1 aromatic rings. The zero-order chi connectivity index (χ0) is 17.9. The van der Waals surface area contributed by atoms with E-state index in [1.165, 1.54) is 6.08 Å². The highest BCUT2D eigenvalue weighted by Crippen LogP contribution is 2.27. The molecule has 1 saturated heterocycles. The van der Waals surface area contributed by atoms with Crippen LogP contribution >= 0.6 is 0 Å². The summed E-state index contributed by atoms with van der Waals surface area (Å²) in [4.78, 5) is 13.7. The lowest BCUT2D eigenvalue weighted by molar-refractivity contribution is -0.125. The average molecular weight is 351 g/mol. The van der Waals surface area contributed by atoms with Crippen LogP contribution in [0.25, 0.3) is 0 Å². The zero-order valence-corrected chi connectivity index (χ0v) is 15.5. The molecule has 0 spiro atoms. The van der Waals surface area contributed by atoms with E-state index in [9.17, 15) is 13.2 Å². The Bertz CT molecular complexity index is 775. The fourth-order valence-corrected chi connectivity index (χ4v) is 4.63. The summed E-state index contributed by atoms with van der Waals surface area (Å²) in [6, 6.07) is -0.0990. The van der Waals surface area contributed by atoms with E-state index in [-0.39, 0.29) is 23.5 Å². The Labute approximate surface area is 143 Å². The predicted octanol–water partition coefficient (Wildman–Crippen LogP) is 1.95. The molecule has 0 unspecified atom stereocenters. The number of sulfone groups is 1. The van der Waals surface area contributed by atoms with Crippen LogP contribution in [0.15, 0.2) is 24.3 Å². The maximum atomic E-state index is 12.1. The van der Waals surface area contributed by atoms with E-state index >= 15 is 0 Å². The van der Waals surface area contributed by atoms with Gasteiger partial charge in [-0.3, -0.25) is 9.48 Å². The van der Waals surface area contributed by atoms with Crippen LogP contribution < -0.4 is 0 Å². The van der Waals surface area contributed by atoms with Crippen LogP contribution in [0, 0.1) is 13.8 Å². The Kier molecular flexibility index (Phi) is 5.64. The number of aryl methyl sites for hydroxylation is 1. The van der Waals surface area contributed by atoms with E-state index < -0.39 is 9.84 Å². The van der Waals surface area contributed by atoms with Crippen molar-refractivity contribution in [1.82, 2.24) is 14.7 Å². The summed E-state index contributed by atoms with van der Waals surface area (Å²) in [6.45, 7) is 6.18. The zero-order valence-electron chi connectivity index (χ0n) is 14.7. The van der Waals surface area contributed by atoms with Gasteiger partial charge in [-0.25, -0.2) is 8.42 Å². The highest BCUT2D eigenvalue weighted by atomic mass is 32.2. The summed E-state index contributed by atoms with van der Waals surface area (Å²) in [5, 5.41) is 4.53. The van der Waals surface area contributed by atoms with Gasteiger partial charge in [0.15, 0.2) is 9.84 Å². The molecule has 1 amide bonds. The molecule has 0 saturated carbocycles. The number of allylic oxidation sites excluding steroid dienone is 3. The minimum atomic E-state index is -2.95. The van der Waals surface area contributed by atoms with E-state index in [1.54, 1.807) is 24.1 Å². The number of hydrogen-bond acceptors (Lipinski definition) is 4. The van der Waals surface area contributed by atoms with Crippen molar-refractivity contribution in [3.05, 3.63) is 41.3 Å². The summed E-state index contributed by atoms with van der Waals surface area (Å²) >= 11 is 0. The Hall–Kier alpha value is -1.89. The van der Waals surface area contributed by atoms with Crippen LogP contribution in [0.2, 0.25) is 0 Å². The third kappa shape index (κ3) is 4.14. The summed E-state index contributed by atoms with van der Waals surface area (Å²) in [5.41, 5.74) is 2.76. The summed E-state index contributed by atoms with van der Waals surface area (Å²) in [7, 11) is -1.21. The standard InChI is InChI=1S/C17H25N3O3S/c1-5-6-7-8-17(21)19(4)11-16-13(2)18-20(14(16)3)15-9-10-24(22,23)12-15/h5-8,15H,9-12H2,1-4H3/b6-5+,8-7+/t15-/m1/s1. The first kappa shape index (κ1) is 18.4. The van der Waals surface area contributed by atoms with E-state index in [0.29, 0.717) is 13.0 Å². The van der Waals surface area contributed by atoms with Crippen LogP contribution in [0.5, 0.6) is 0 Å². The van der Waals surface area contributed by atoms with Crippen LogP contribution in [-0.4, -0.2) is 47.6 Å². The van der Waals surface area contributed by atoms with Crippen molar-refractivity contribution in [2.24, 2.45) is 0 Å². The number of hydrogen-bond donors (Lipinski definition) is 0. The minimum Gasteiger partial charge on any atom is -0.338 e. The minimum absolute atomic E-state index is 0.0805. The Morgan fingerprint density at radius 2 is 2.08 bits per heavy atom. The van der Waals surface area contributed by atoms with Crippen molar-refractivity contribution in [2.75, 3.05) is 18.6 Å². The predicted molar refractivity (Wildman–Crippen MR) is 94.4 cm³/mol. The molecule has 1 aromatic heterocycles. The largest absolute Gasteiger partial charge is 0.338 e. The molecule has 0 bridgehead atoms. The molecule has 0 aliphatic carbocycles. The third-order valence-electron chi connectivity index (χ3n) is 4.34. The molecule has 2 heterocycles. The molecule has 132 valence electrons. The first-order chi connectivity index (χ1) is 11.2. The Morgan fingerprint density at radius 3 is 2.67 bits per heavy atom. The molecule has 1 atom stereocenters. The molecule has 1 aliphatic rings. The molecule has 2 rings (SSSR count). The van der Waals surface area contributed by atoms with Gasteiger partial charge in [0.1, 0.15) is 0 Å². The third-order valence-corrected chi connectivity index (χ3v) is 6.09.